The first kappa shape index (κ1) is 20.3. The Balaban J connectivity index is 1.75. The lowest BCUT2D eigenvalue weighted by atomic mass is 9.91. The lowest BCUT2D eigenvalue weighted by molar-refractivity contribution is -0.137. The highest BCUT2D eigenvalue weighted by Crippen LogP contribution is 2.43. The summed E-state index contributed by atoms with van der Waals surface area (Å²) in [7, 11) is 0. The van der Waals surface area contributed by atoms with Gasteiger partial charge in [-0.3, -0.25) is 0 Å². The molecule has 3 nitrogen and oxygen atoms in total. The van der Waals surface area contributed by atoms with E-state index >= 15 is 0 Å². The van der Waals surface area contributed by atoms with E-state index in [2.05, 4.69) is 0 Å². The van der Waals surface area contributed by atoms with Gasteiger partial charge in [0.1, 0.15) is 12.3 Å². The summed E-state index contributed by atoms with van der Waals surface area (Å²) in [6.45, 7) is 1.86. The molecule has 1 saturated carbocycles. The van der Waals surface area contributed by atoms with E-state index in [0.717, 1.165) is 30.9 Å². The third-order valence-electron chi connectivity index (χ3n) is 5.58. The van der Waals surface area contributed by atoms with Gasteiger partial charge in [-0.05, 0) is 49.4 Å². The minimum atomic E-state index is -4.48. The Labute approximate surface area is 173 Å². The van der Waals surface area contributed by atoms with Gasteiger partial charge in [0.25, 0.3) is 0 Å². The molecule has 0 bridgehead atoms. The van der Waals surface area contributed by atoms with Crippen molar-refractivity contribution in [2.45, 2.75) is 45.0 Å². The molecule has 1 aliphatic rings. The summed E-state index contributed by atoms with van der Waals surface area (Å²) in [5.41, 5.74) is 1.63. The molecule has 1 aromatic heterocycles. The molecule has 0 saturated heterocycles. The summed E-state index contributed by atoms with van der Waals surface area (Å²) in [4.78, 5) is 12.9. The number of esters is 1. The number of hydrogen-bond donors (Lipinski definition) is 0. The summed E-state index contributed by atoms with van der Waals surface area (Å²) in [6, 6.07) is 16.5. The fraction of sp³-hybridized carbons (Fsp3) is 0.292. The normalized spacial score (nSPS) is 14.4. The number of aryl methyl sites for hydroxylation is 1. The third kappa shape index (κ3) is 3.86. The zero-order chi connectivity index (χ0) is 21.3. The molecule has 0 unspecified atom stereocenters. The lowest BCUT2D eigenvalue weighted by Crippen LogP contribution is -2.23. The summed E-state index contributed by atoms with van der Waals surface area (Å²) in [5.74, 6) is -0.524. The molecule has 6 heteroatoms. The van der Waals surface area contributed by atoms with Gasteiger partial charge < -0.3 is 9.30 Å². The van der Waals surface area contributed by atoms with Crippen LogP contribution in [0.25, 0.3) is 11.3 Å². The van der Waals surface area contributed by atoms with Gasteiger partial charge >= 0.3 is 12.1 Å². The van der Waals surface area contributed by atoms with Gasteiger partial charge in [0.2, 0.25) is 0 Å². The molecular weight excluding hydrogens is 391 g/mol. The zero-order valence-corrected chi connectivity index (χ0v) is 16.6. The molecular formula is C24H22F3NO2. The molecule has 0 radical (unpaired) electrons. The SMILES string of the molecule is Cc1cc(C(=O)OCc2ccccc2)n(C2CCC2)c1-c1ccccc1C(F)(F)F. The van der Waals surface area contributed by atoms with Gasteiger partial charge in [-0.2, -0.15) is 13.2 Å². The Hall–Kier alpha value is -3.02. The van der Waals surface area contributed by atoms with Crippen LogP contribution >= 0.6 is 0 Å². The van der Waals surface area contributed by atoms with Crippen LogP contribution in [0, 0.1) is 6.92 Å². The molecule has 0 spiro atoms. The second kappa shape index (κ2) is 8.01. The first-order valence-corrected chi connectivity index (χ1v) is 9.95. The van der Waals surface area contributed by atoms with Crippen LogP contribution in [0.4, 0.5) is 13.2 Å². The van der Waals surface area contributed by atoms with E-state index in [1.165, 1.54) is 12.1 Å². The van der Waals surface area contributed by atoms with Crippen LogP contribution in [-0.4, -0.2) is 10.5 Å². The fourth-order valence-corrected chi connectivity index (χ4v) is 3.91. The summed E-state index contributed by atoms with van der Waals surface area (Å²) < 4.78 is 48.3. The lowest BCUT2D eigenvalue weighted by Gasteiger charge is -2.31. The first-order chi connectivity index (χ1) is 14.4. The van der Waals surface area contributed by atoms with Crippen LogP contribution in [0.2, 0.25) is 0 Å². The van der Waals surface area contributed by atoms with Crippen molar-refractivity contribution in [3.63, 3.8) is 0 Å². The van der Waals surface area contributed by atoms with E-state index in [4.69, 9.17) is 4.74 Å². The topological polar surface area (TPSA) is 31.2 Å². The molecule has 0 N–H and O–H groups in total. The highest BCUT2D eigenvalue weighted by molar-refractivity contribution is 5.90. The maximum absolute atomic E-state index is 13.7. The van der Waals surface area contributed by atoms with Gasteiger partial charge in [-0.15, -0.1) is 0 Å². The van der Waals surface area contributed by atoms with Crippen LogP contribution in [-0.2, 0) is 17.5 Å². The van der Waals surface area contributed by atoms with Crippen molar-refractivity contribution in [1.82, 2.24) is 4.57 Å². The smallest absolute Gasteiger partial charge is 0.417 e. The highest BCUT2D eigenvalue weighted by atomic mass is 19.4. The standard InChI is InChI=1S/C24H22F3NO2/c1-16-14-21(23(29)30-15-17-8-3-2-4-9-17)28(18-10-7-11-18)22(16)19-12-5-6-13-20(19)24(25,26)27/h2-6,8-9,12-14,18H,7,10-11,15H2,1H3. The molecule has 0 atom stereocenters. The van der Waals surface area contributed by atoms with E-state index in [-0.39, 0.29) is 18.2 Å². The molecule has 3 aromatic rings. The average Bonchev–Trinajstić information content (AvgIpc) is 3.01. The van der Waals surface area contributed by atoms with Crippen LogP contribution in [0.1, 0.15) is 52.5 Å². The molecule has 1 heterocycles. The second-order valence-corrected chi connectivity index (χ2v) is 7.62. The number of alkyl halides is 3. The van der Waals surface area contributed by atoms with Crippen LogP contribution < -0.4 is 0 Å². The maximum Gasteiger partial charge on any atom is 0.417 e. The van der Waals surface area contributed by atoms with Crippen LogP contribution in [0.15, 0.2) is 60.7 Å². The third-order valence-corrected chi connectivity index (χ3v) is 5.58. The summed E-state index contributed by atoms with van der Waals surface area (Å²) in [5, 5.41) is 0. The molecule has 2 aromatic carbocycles. The van der Waals surface area contributed by atoms with E-state index in [9.17, 15) is 18.0 Å². The second-order valence-electron chi connectivity index (χ2n) is 7.62. The number of rotatable bonds is 5. The fourth-order valence-electron chi connectivity index (χ4n) is 3.91. The Morgan fingerprint density at radius 3 is 2.37 bits per heavy atom. The predicted octanol–water partition coefficient (Wildman–Crippen LogP) is 6.56. The maximum atomic E-state index is 13.7. The van der Waals surface area contributed by atoms with Crippen molar-refractivity contribution in [2.75, 3.05) is 0 Å². The number of nitrogens with zero attached hydrogens (tertiary/aromatic N) is 1. The minimum Gasteiger partial charge on any atom is -0.456 e. The monoisotopic (exact) mass is 413 g/mol. The van der Waals surface area contributed by atoms with Crippen molar-refractivity contribution >= 4 is 5.97 Å². The molecule has 1 aliphatic carbocycles. The molecule has 156 valence electrons. The van der Waals surface area contributed by atoms with E-state index in [1.807, 2.05) is 30.3 Å². The van der Waals surface area contributed by atoms with Crippen molar-refractivity contribution in [2.24, 2.45) is 0 Å². The highest BCUT2D eigenvalue weighted by Gasteiger charge is 2.36. The van der Waals surface area contributed by atoms with Crippen LogP contribution in [0.3, 0.4) is 0 Å². The Morgan fingerprint density at radius 2 is 1.73 bits per heavy atom. The average molecular weight is 413 g/mol. The quantitative estimate of drug-likeness (QED) is 0.443. The first-order valence-electron chi connectivity index (χ1n) is 9.95. The van der Waals surface area contributed by atoms with E-state index in [1.54, 1.807) is 23.6 Å². The van der Waals surface area contributed by atoms with Gasteiger partial charge in [0.15, 0.2) is 0 Å². The Morgan fingerprint density at radius 1 is 1.07 bits per heavy atom. The van der Waals surface area contributed by atoms with Gasteiger partial charge in [-0.25, -0.2) is 4.79 Å². The zero-order valence-electron chi connectivity index (χ0n) is 16.6. The number of carbonyl (C=O) groups excluding carboxylic acids is 1. The molecule has 1 fully saturated rings. The van der Waals surface area contributed by atoms with Gasteiger partial charge in [-0.1, -0.05) is 48.5 Å². The number of hydrogen-bond acceptors (Lipinski definition) is 2. The Kier molecular flexibility index (Phi) is 5.41. The van der Waals surface area contributed by atoms with Gasteiger partial charge in [0.05, 0.1) is 11.3 Å². The van der Waals surface area contributed by atoms with Gasteiger partial charge in [0, 0.05) is 11.6 Å². The molecule has 0 amide bonds. The van der Waals surface area contributed by atoms with Crippen molar-refractivity contribution in [1.29, 1.82) is 0 Å². The minimum absolute atomic E-state index is 0.00531. The predicted molar refractivity (Wildman–Crippen MR) is 108 cm³/mol. The van der Waals surface area contributed by atoms with Crippen molar-refractivity contribution in [3.8, 4) is 11.3 Å². The molecule has 0 aliphatic heterocycles. The largest absolute Gasteiger partial charge is 0.456 e. The number of benzene rings is 2. The van der Waals surface area contributed by atoms with Crippen molar-refractivity contribution in [3.05, 3.63) is 83.0 Å². The number of halogens is 3. The van der Waals surface area contributed by atoms with E-state index in [0.29, 0.717) is 17.0 Å². The molecule has 4 rings (SSSR count). The Bertz CT molecular complexity index is 1050. The van der Waals surface area contributed by atoms with E-state index < -0.39 is 17.7 Å². The molecule has 30 heavy (non-hydrogen) atoms. The number of carbonyl (C=O) groups is 1. The number of ether oxygens (including phenoxy) is 1. The summed E-state index contributed by atoms with van der Waals surface area (Å²) >= 11 is 0. The number of aromatic nitrogens is 1. The van der Waals surface area contributed by atoms with Crippen molar-refractivity contribution < 1.29 is 22.7 Å². The summed E-state index contributed by atoms with van der Waals surface area (Å²) in [6.07, 6.45) is -1.84. The van der Waals surface area contributed by atoms with Crippen LogP contribution in [0.5, 0.6) is 0 Å².